The summed E-state index contributed by atoms with van der Waals surface area (Å²) < 4.78 is 62.2. The van der Waals surface area contributed by atoms with E-state index in [1.54, 1.807) is 6.07 Å². The lowest BCUT2D eigenvalue weighted by Gasteiger charge is -2.36. The van der Waals surface area contributed by atoms with Gasteiger partial charge in [0.25, 0.3) is 0 Å². The Morgan fingerprint density at radius 3 is 2.39 bits per heavy atom. The molecule has 3 rings (SSSR count). The molecule has 168 valence electrons. The molecule has 0 atom stereocenters. The number of piperazine rings is 1. The number of nitrogens with one attached hydrogen (secondary N) is 1. The maximum Gasteiger partial charge on any atom is 0.416 e. The second-order valence-electron chi connectivity index (χ2n) is 7.27. The molecule has 1 fully saturated rings. The number of alkyl halides is 3. The smallest absolute Gasteiger partial charge is 0.369 e. The number of hydrogen-bond donors (Lipinski definition) is 1. The average Bonchev–Trinajstić information content (AvgIpc) is 2.69. The lowest BCUT2D eigenvalue weighted by atomic mass is 10.1. The van der Waals surface area contributed by atoms with Gasteiger partial charge in [-0.1, -0.05) is 17.7 Å². The Balaban J connectivity index is 1.58. The van der Waals surface area contributed by atoms with Gasteiger partial charge in [-0.25, -0.2) is 8.42 Å². The predicted octanol–water partition coefficient (Wildman–Crippen LogP) is 3.52. The maximum atomic E-state index is 12.9. The molecule has 0 radical (unpaired) electrons. The third-order valence-electron chi connectivity index (χ3n) is 4.92. The van der Waals surface area contributed by atoms with Crippen molar-refractivity contribution in [2.75, 3.05) is 49.2 Å². The van der Waals surface area contributed by atoms with Gasteiger partial charge >= 0.3 is 6.18 Å². The van der Waals surface area contributed by atoms with E-state index in [4.69, 9.17) is 11.6 Å². The normalized spacial score (nSPS) is 15.7. The summed E-state index contributed by atoms with van der Waals surface area (Å²) in [4.78, 5) is 16.2. The fraction of sp³-hybridized carbons (Fsp3) is 0.350. The molecule has 1 aliphatic heterocycles. The summed E-state index contributed by atoms with van der Waals surface area (Å²) in [5, 5.41) is 2.84. The van der Waals surface area contributed by atoms with Gasteiger partial charge in [0.05, 0.1) is 27.7 Å². The number of benzene rings is 2. The molecule has 1 N–H and O–H groups in total. The van der Waals surface area contributed by atoms with Gasteiger partial charge in [0.15, 0.2) is 9.84 Å². The number of sulfone groups is 1. The molecule has 0 aliphatic carbocycles. The summed E-state index contributed by atoms with van der Waals surface area (Å²) in [6.07, 6.45) is -3.34. The minimum Gasteiger partial charge on any atom is -0.369 e. The van der Waals surface area contributed by atoms with Crippen LogP contribution in [-0.2, 0) is 20.8 Å². The van der Waals surface area contributed by atoms with Crippen LogP contribution in [0.5, 0.6) is 0 Å². The molecule has 0 unspecified atom stereocenters. The van der Waals surface area contributed by atoms with E-state index < -0.39 is 21.6 Å². The minimum atomic E-state index is -4.40. The number of rotatable bonds is 5. The summed E-state index contributed by atoms with van der Waals surface area (Å²) >= 11 is 6.05. The van der Waals surface area contributed by atoms with Crippen molar-refractivity contribution in [2.45, 2.75) is 11.1 Å². The first-order chi connectivity index (χ1) is 14.4. The Hall–Kier alpha value is -2.30. The molecule has 0 aromatic heterocycles. The van der Waals surface area contributed by atoms with E-state index in [0.29, 0.717) is 31.9 Å². The largest absolute Gasteiger partial charge is 0.416 e. The molecular formula is C20H21ClF3N3O3S. The van der Waals surface area contributed by atoms with Crippen LogP contribution in [-0.4, -0.2) is 58.2 Å². The lowest BCUT2D eigenvalue weighted by Crippen LogP contribution is -2.48. The van der Waals surface area contributed by atoms with E-state index in [-0.39, 0.29) is 28.1 Å². The van der Waals surface area contributed by atoms with Crippen LogP contribution in [0.2, 0.25) is 5.02 Å². The highest BCUT2D eigenvalue weighted by molar-refractivity contribution is 7.90. The fourth-order valence-electron chi connectivity index (χ4n) is 3.27. The first-order valence-corrected chi connectivity index (χ1v) is 11.6. The summed E-state index contributed by atoms with van der Waals surface area (Å²) in [5.41, 5.74) is 0.000464. The highest BCUT2D eigenvalue weighted by atomic mass is 35.5. The van der Waals surface area contributed by atoms with E-state index in [1.807, 2.05) is 9.80 Å². The van der Waals surface area contributed by atoms with Crippen molar-refractivity contribution in [2.24, 2.45) is 0 Å². The molecule has 31 heavy (non-hydrogen) atoms. The molecule has 2 aromatic rings. The number of amides is 1. The third kappa shape index (κ3) is 6.11. The van der Waals surface area contributed by atoms with Crippen LogP contribution in [0.15, 0.2) is 47.4 Å². The lowest BCUT2D eigenvalue weighted by molar-refractivity contribution is -0.137. The van der Waals surface area contributed by atoms with E-state index in [0.717, 1.165) is 18.4 Å². The van der Waals surface area contributed by atoms with Crippen LogP contribution in [0.1, 0.15) is 5.56 Å². The third-order valence-corrected chi connectivity index (χ3v) is 6.36. The van der Waals surface area contributed by atoms with E-state index in [2.05, 4.69) is 5.32 Å². The molecule has 1 heterocycles. The van der Waals surface area contributed by atoms with E-state index >= 15 is 0 Å². The Kier molecular flexibility index (Phi) is 6.82. The first-order valence-electron chi connectivity index (χ1n) is 9.37. The van der Waals surface area contributed by atoms with Crippen molar-refractivity contribution in [3.8, 4) is 0 Å². The van der Waals surface area contributed by atoms with E-state index in [1.165, 1.54) is 24.3 Å². The van der Waals surface area contributed by atoms with Crippen molar-refractivity contribution in [1.82, 2.24) is 4.90 Å². The average molecular weight is 476 g/mol. The quantitative estimate of drug-likeness (QED) is 0.716. The Morgan fingerprint density at radius 1 is 1.10 bits per heavy atom. The number of hydrogen-bond acceptors (Lipinski definition) is 5. The number of anilines is 2. The highest BCUT2D eigenvalue weighted by Gasteiger charge is 2.31. The summed E-state index contributed by atoms with van der Waals surface area (Å²) in [6, 6.07) is 9.25. The fourth-order valence-corrected chi connectivity index (χ4v) is 4.08. The van der Waals surface area contributed by atoms with Crippen LogP contribution >= 0.6 is 11.6 Å². The molecular weight excluding hydrogens is 455 g/mol. The van der Waals surface area contributed by atoms with Gasteiger partial charge in [0.2, 0.25) is 5.91 Å². The standard InChI is InChI=1S/C20H21ClF3N3O3S/c1-31(29,30)16-5-6-17(21)18(12-16)25-19(28)13-26-7-9-27(10-8-26)15-4-2-3-14(11-15)20(22,23)24/h2-6,11-12H,7-10,13H2,1H3,(H,25,28). The van der Waals surface area contributed by atoms with Gasteiger partial charge in [-0.2, -0.15) is 13.2 Å². The zero-order valence-corrected chi connectivity index (χ0v) is 18.2. The van der Waals surface area contributed by atoms with Crippen LogP contribution in [0.25, 0.3) is 0 Å². The van der Waals surface area contributed by atoms with Gasteiger partial charge in [0.1, 0.15) is 0 Å². The highest BCUT2D eigenvalue weighted by Crippen LogP contribution is 2.32. The molecule has 2 aromatic carbocycles. The molecule has 1 amide bonds. The molecule has 11 heteroatoms. The summed E-state index contributed by atoms with van der Waals surface area (Å²) in [7, 11) is -3.45. The van der Waals surface area contributed by atoms with Crippen molar-refractivity contribution in [3.63, 3.8) is 0 Å². The van der Waals surface area contributed by atoms with E-state index in [9.17, 15) is 26.4 Å². The van der Waals surface area contributed by atoms with Crippen LogP contribution in [0.4, 0.5) is 24.5 Å². The van der Waals surface area contributed by atoms with Gasteiger partial charge in [-0.05, 0) is 36.4 Å². The Labute approximate surface area is 183 Å². The molecule has 0 bridgehead atoms. The zero-order chi connectivity index (χ0) is 22.8. The number of nitrogens with zero attached hydrogens (tertiary/aromatic N) is 2. The van der Waals surface area contributed by atoms with Crippen molar-refractivity contribution >= 4 is 38.7 Å². The van der Waals surface area contributed by atoms with Gasteiger partial charge in [-0.15, -0.1) is 0 Å². The van der Waals surface area contributed by atoms with Crippen molar-refractivity contribution in [3.05, 3.63) is 53.1 Å². The predicted molar refractivity (Wildman–Crippen MR) is 113 cm³/mol. The molecule has 1 aliphatic rings. The van der Waals surface area contributed by atoms with Crippen LogP contribution in [0, 0.1) is 0 Å². The van der Waals surface area contributed by atoms with Crippen LogP contribution in [0.3, 0.4) is 0 Å². The topological polar surface area (TPSA) is 69.7 Å². The molecule has 0 saturated carbocycles. The van der Waals surface area contributed by atoms with Crippen molar-refractivity contribution in [1.29, 1.82) is 0 Å². The maximum absolute atomic E-state index is 12.9. The van der Waals surface area contributed by atoms with Gasteiger partial charge in [-0.3, -0.25) is 9.69 Å². The monoisotopic (exact) mass is 475 g/mol. The van der Waals surface area contributed by atoms with Gasteiger partial charge in [0, 0.05) is 38.1 Å². The number of carbonyl (C=O) groups is 1. The zero-order valence-electron chi connectivity index (χ0n) is 16.6. The second-order valence-corrected chi connectivity index (χ2v) is 9.70. The van der Waals surface area contributed by atoms with Gasteiger partial charge < -0.3 is 10.2 Å². The second kappa shape index (κ2) is 9.05. The number of halogens is 4. The Morgan fingerprint density at radius 2 is 1.77 bits per heavy atom. The summed E-state index contributed by atoms with van der Waals surface area (Å²) in [5.74, 6) is -0.361. The molecule has 1 saturated heterocycles. The first kappa shape index (κ1) is 23.4. The Bertz CT molecular complexity index is 1070. The molecule has 0 spiro atoms. The number of carbonyl (C=O) groups excluding carboxylic acids is 1. The van der Waals surface area contributed by atoms with Crippen LogP contribution < -0.4 is 10.2 Å². The molecule has 6 nitrogen and oxygen atoms in total. The minimum absolute atomic E-state index is 0.0434. The summed E-state index contributed by atoms with van der Waals surface area (Å²) in [6.45, 7) is 1.97. The SMILES string of the molecule is CS(=O)(=O)c1ccc(Cl)c(NC(=O)CN2CCN(c3cccc(C(F)(F)F)c3)CC2)c1. The van der Waals surface area contributed by atoms with Crippen molar-refractivity contribution < 1.29 is 26.4 Å².